The highest BCUT2D eigenvalue weighted by atomic mass is 16.5. The summed E-state index contributed by atoms with van der Waals surface area (Å²) in [6.45, 7) is 8.55. The Bertz CT molecular complexity index is 214. The Morgan fingerprint density at radius 2 is 2.00 bits per heavy atom. The lowest BCUT2D eigenvalue weighted by atomic mass is 9.86. The molecule has 0 saturated carbocycles. The second-order valence-electron chi connectivity index (χ2n) is 5.24. The summed E-state index contributed by atoms with van der Waals surface area (Å²) in [4.78, 5) is 2.59. The zero-order valence-electron chi connectivity index (χ0n) is 10.0. The molecule has 2 unspecified atom stereocenters. The van der Waals surface area contributed by atoms with Crippen molar-refractivity contribution >= 4 is 0 Å². The van der Waals surface area contributed by atoms with Gasteiger partial charge in [0.05, 0.1) is 11.6 Å². The molecule has 2 aliphatic rings. The molecule has 0 radical (unpaired) electrons. The van der Waals surface area contributed by atoms with E-state index in [1.807, 2.05) is 0 Å². The molecule has 3 nitrogen and oxygen atoms in total. The Kier molecular flexibility index (Phi) is 3.33. The highest BCUT2D eigenvalue weighted by molar-refractivity contribution is 5.01. The molecule has 2 atom stereocenters. The third kappa shape index (κ3) is 1.93. The van der Waals surface area contributed by atoms with Gasteiger partial charge in [-0.3, -0.25) is 4.90 Å². The van der Waals surface area contributed by atoms with Gasteiger partial charge in [0.25, 0.3) is 0 Å². The van der Waals surface area contributed by atoms with Gasteiger partial charge in [-0.05, 0) is 45.2 Å². The summed E-state index contributed by atoms with van der Waals surface area (Å²) in [5.74, 6) is 0.883. The molecule has 0 spiro atoms. The lowest BCUT2D eigenvalue weighted by Crippen LogP contribution is -2.60. The van der Waals surface area contributed by atoms with Crippen LogP contribution in [0.15, 0.2) is 0 Å². The zero-order valence-corrected chi connectivity index (χ0v) is 10.0. The van der Waals surface area contributed by atoms with E-state index in [1.54, 1.807) is 0 Å². The van der Waals surface area contributed by atoms with Crippen molar-refractivity contribution in [3.8, 4) is 0 Å². The normalized spacial score (nSPS) is 39.8. The molecule has 0 aromatic carbocycles. The third-order valence-corrected chi connectivity index (χ3v) is 4.43. The van der Waals surface area contributed by atoms with Crippen molar-refractivity contribution in [2.45, 2.75) is 44.8 Å². The largest absolute Gasteiger partial charge is 0.376 e. The van der Waals surface area contributed by atoms with Gasteiger partial charge in [0.15, 0.2) is 0 Å². The van der Waals surface area contributed by atoms with Crippen molar-refractivity contribution in [2.24, 2.45) is 11.7 Å². The average molecular weight is 212 g/mol. The highest BCUT2D eigenvalue weighted by Crippen LogP contribution is 2.34. The molecule has 15 heavy (non-hydrogen) atoms. The van der Waals surface area contributed by atoms with Gasteiger partial charge in [-0.2, -0.15) is 0 Å². The average Bonchev–Trinajstić information content (AvgIpc) is 2.62. The van der Waals surface area contributed by atoms with E-state index in [-0.39, 0.29) is 5.54 Å². The number of nitrogens with two attached hydrogens (primary N) is 1. The fraction of sp³-hybridized carbons (Fsp3) is 1.00. The van der Waals surface area contributed by atoms with Crippen LogP contribution < -0.4 is 5.73 Å². The van der Waals surface area contributed by atoms with Crippen LogP contribution in [0.4, 0.5) is 0 Å². The minimum atomic E-state index is 0.139. The van der Waals surface area contributed by atoms with Crippen LogP contribution in [0.1, 0.15) is 33.1 Å². The predicted molar refractivity (Wildman–Crippen MR) is 61.8 cm³/mol. The van der Waals surface area contributed by atoms with E-state index in [2.05, 4.69) is 18.7 Å². The number of hydrogen-bond acceptors (Lipinski definition) is 3. The number of piperidine rings is 1. The van der Waals surface area contributed by atoms with Crippen LogP contribution in [0.2, 0.25) is 0 Å². The first-order chi connectivity index (χ1) is 7.19. The van der Waals surface area contributed by atoms with Gasteiger partial charge < -0.3 is 10.5 Å². The Balaban J connectivity index is 2.06. The topological polar surface area (TPSA) is 38.5 Å². The van der Waals surface area contributed by atoms with Crippen molar-refractivity contribution in [2.75, 3.05) is 26.2 Å². The molecule has 2 heterocycles. The van der Waals surface area contributed by atoms with E-state index >= 15 is 0 Å². The molecule has 0 bridgehead atoms. The SMILES string of the molecule is CC1CCN(C2(CN)CCOC2C)CC1. The molecule has 2 N–H and O–H groups in total. The van der Waals surface area contributed by atoms with Gasteiger partial charge in [-0.1, -0.05) is 6.92 Å². The first kappa shape index (κ1) is 11.4. The van der Waals surface area contributed by atoms with E-state index < -0.39 is 0 Å². The Morgan fingerprint density at radius 3 is 2.47 bits per heavy atom. The van der Waals surface area contributed by atoms with Crippen LogP contribution in [0.25, 0.3) is 0 Å². The second kappa shape index (κ2) is 4.40. The lowest BCUT2D eigenvalue weighted by Gasteiger charge is -2.45. The number of ether oxygens (including phenoxy) is 1. The van der Waals surface area contributed by atoms with Crippen LogP contribution in [0.5, 0.6) is 0 Å². The summed E-state index contributed by atoms with van der Waals surface area (Å²) in [5, 5.41) is 0. The maximum atomic E-state index is 6.00. The summed E-state index contributed by atoms with van der Waals surface area (Å²) < 4.78 is 5.72. The smallest absolute Gasteiger partial charge is 0.0743 e. The highest BCUT2D eigenvalue weighted by Gasteiger charge is 2.45. The van der Waals surface area contributed by atoms with Crippen LogP contribution in [-0.4, -0.2) is 42.8 Å². The van der Waals surface area contributed by atoms with E-state index in [1.165, 1.54) is 25.9 Å². The van der Waals surface area contributed by atoms with E-state index in [4.69, 9.17) is 10.5 Å². The van der Waals surface area contributed by atoms with E-state index in [9.17, 15) is 0 Å². The standard InChI is InChI=1S/C12H24N2O/c1-10-3-6-14(7-4-10)12(9-13)5-8-15-11(12)2/h10-11H,3-9,13H2,1-2H3. The van der Waals surface area contributed by atoms with Crippen molar-refractivity contribution in [1.29, 1.82) is 0 Å². The molecule has 0 aliphatic carbocycles. The summed E-state index contributed by atoms with van der Waals surface area (Å²) in [6, 6.07) is 0. The van der Waals surface area contributed by atoms with Gasteiger partial charge in [-0.25, -0.2) is 0 Å². The molecular formula is C12H24N2O. The van der Waals surface area contributed by atoms with Crippen LogP contribution >= 0.6 is 0 Å². The van der Waals surface area contributed by atoms with Gasteiger partial charge in [0, 0.05) is 13.2 Å². The molecule has 2 fully saturated rings. The van der Waals surface area contributed by atoms with Crippen molar-refractivity contribution in [3.05, 3.63) is 0 Å². The first-order valence-electron chi connectivity index (χ1n) is 6.26. The quantitative estimate of drug-likeness (QED) is 0.748. The van der Waals surface area contributed by atoms with E-state index in [0.717, 1.165) is 25.5 Å². The number of nitrogens with zero attached hydrogens (tertiary/aromatic N) is 1. The summed E-state index contributed by atoms with van der Waals surface area (Å²) in [6.07, 6.45) is 4.04. The Labute approximate surface area is 93.0 Å². The van der Waals surface area contributed by atoms with Crippen LogP contribution in [0, 0.1) is 5.92 Å². The Hall–Kier alpha value is -0.120. The summed E-state index contributed by atoms with van der Waals surface area (Å²) in [7, 11) is 0. The first-order valence-corrected chi connectivity index (χ1v) is 6.26. The maximum Gasteiger partial charge on any atom is 0.0743 e. The van der Waals surface area contributed by atoms with Crippen molar-refractivity contribution in [3.63, 3.8) is 0 Å². The molecule has 2 aliphatic heterocycles. The molecule has 0 amide bonds. The van der Waals surface area contributed by atoms with Gasteiger partial charge in [0.2, 0.25) is 0 Å². The fourth-order valence-corrected chi connectivity index (χ4v) is 3.04. The van der Waals surface area contributed by atoms with Crippen molar-refractivity contribution in [1.82, 2.24) is 4.90 Å². The summed E-state index contributed by atoms with van der Waals surface area (Å²) in [5.41, 5.74) is 6.14. The minimum absolute atomic E-state index is 0.139. The molecule has 2 rings (SSSR count). The zero-order chi connectivity index (χ0) is 10.9. The fourth-order valence-electron chi connectivity index (χ4n) is 3.04. The van der Waals surface area contributed by atoms with E-state index in [0.29, 0.717) is 6.10 Å². The predicted octanol–water partition coefficient (Wildman–Crippen LogP) is 1.22. The molecule has 3 heteroatoms. The van der Waals surface area contributed by atoms with Gasteiger partial charge >= 0.3 is 0 Å². The van der Waals surface area contributed by atoms with Crippen LogP contribution in [-0.2, 0) is 4.74 Å². The number of likely N-dealkylation sites (tertiary alicyclic amines) is 1. The molecule has 2 saturated heterocycles. The lowest BCUT2D eigenvalue weighted by molar-refractivity contribution is -0.00216. The van der Waals surface area contributed by atoms with Gasteiger partial charge in [0.1, 0.15) is 0 Å². The van der Waals surface area contributed by atoms with Crippen LogP contribution in [0.3, 0.4) is 0 Å². The third-order valence-electron chi connectivity index (χ3n) is 4.43. The monoisotopic (exact) mass is 212 g/mol. The molecule has 88 valence electrons. The van der Waals surface area contributed by atoms with Gasteiger partial charge in [-0.15, -0.1) is 0 Å². The summed E-state index contributed by atoms with van der Waals surface area (Å²) >= 11 is 0. The Morgan fingerprint density at radius 1 is 1.33 bits per heavy atom. The second-order valence-corrected chi connectivity index (χ2v) is 5.24. The molecule has 0 aromatic rings. The van der Waals surface area contributed by atoms with Crippen molar-refractivity contribution < 1.29 is 4.74 Å². The number of rotatable bonds is 2. The molecule has 0 aromatic heterocycles. The maximum absolute atomic E-state index is 6.00. The number of hydrogen-bond donors (Lipinski definition) is 1. The molecular weight excluding hydrogens is 188 g/mol. The minimum Gasteiger partial charge on any atom is -0.376 e.